The lowest BCUT2D eigenvalue weighted by Crippen LogP contribution is -2.40. The van der Waals surface area contributed by atoms with E-state index in [2.05, 4.69) is 23.6 Å². The number of carboxylic acid groups (broad SMARTS) is 1. The molecule has 1 unspecified atom stereocenters. The summed E-state index contributed by atoms with van der Waals surface area (Å²) in [6.07, 6.45) is 25.3. The van der Waals surface area contributed by atoms with Crippen LogP contribution in [0.3, 0.4) is 0 Å². The second-order valence-corrected chi connectivity index (χ2v) is 10.8. The predicted octanol–water partition coefficient (Wildman–Crippen LogP) is 7.15. The minimum Gasteiger partial charge on any atom is -0.481 e. The summed E-state index contributed by atoms with van der Waals surface area (Å²) in [6.45, 7) is 6.23. The Kier molecular flexibility index (Phi) is 17.9. The van der Waals surface area contributed by atoms with Crippen LogP contribution >= 0.6 is 0 Å². The number of hydrogen-bond acceptors (Lipinski definition) is 3. The SMILES string of the molecule is C1CCC(NC2CCCCC2)CC1.CCCCC/C=C/CCC(=O)NC(CC(=O)O)CC(C)C. The Hall–Kier alpha value is -1.36. The van der Waals surface area contributed by atoms with Crippen molar-refractivity contribution < 1.29 is 14.7 Å². The molecule has 2 fully saturated rings. The normalized spacial score (nSPS) is 18.5. The zero-order chi connectivity index (χ0) is 25.0. The average molecular weight is 479 g/mol. The van der Waals surface area contributed by atoms with Gasteiger partial charge in [-0.2, -0.15) is 0 Å². The zero-order valence-corrected chi connectivity index (χ0v) is 22.5. The Morgan fingerprint density at radius 2 is 1.44 bits per heavy atom. The third-order valence-electron chi connectivity index (χ3n) is 6.90. The molecule has 0 aromatic carbocycles. The summed E-state index contributed by atoms with van der Waals surface area (Å²) in [7, 11) is 0. The number of rotatable bonds is 14. The zero-order valence-electron chi connectivity index (χ0n) is 22.5. The molecule has 0 heterocycles. The van der Waals surface area contributed by atoms with Crippen molar-refractivity contribution >= 4 is 11.9 Å². The van der Waals surface area contributed by atoms with Crippen LogP contribution in [0.5, 0.6) is 0 Å². The average Bonchev–Trinajstić information content (AvgIpc) is 2.79. The predicted molar refractivity (Wildman–Crippen MR) is 143 cm³/mol. The standard InChI is InChI=1S/C17H31NO3.C12H23N/c1-4-5-6-7-8-9-10-11-16(19)18-15(12-14(2)3)13-17(20)21;1-3-7-11(8-4-1)13-12-9-5-2-6-10-12/h8-9,14-15H,4-7,10-13H2,1-3H3,(H,18,19)(H,20,21);11-13H,1-10H2/b9-8+;. The molecule has 0 aromatic heterocycles. The molecular formula is C29H54N2O3. The number of aliphatic carboxylic acids is 1. The quantitative estimate of drug-likeness (QED) is 0.183. The van der Waals surface area contributed by atoms with Gasteiger partial charge in [0.05, 0.1) is 6.42 Å². The molecule has 0 radical (unpaired) electrons. The van der Waals surface area contributed by atoms with Gasteiger partial charge in [0.25, 0.3) is 0 Å². The van der Waals surface area contributed by atoms with Crippen molar-refractivity contribution in [2.45, 2.75) is 154 Å². The second-order valence-electron chi connectivity index (χ2n) is 10.8. The van der Waals surface area contributed by atoms with Crippen molar-refractivity contribution in [3.63, 3.8) is 0 Å². The van der Waals surface area contributed by atoms with E-state index in [-0.39, 0.29) is 18.4 Å². The molecule has 0 aliphatic heterocycles. The first-order chi connectivity index (χ1) is 16.4. The van der Waals surface area contributed by atoms with E-state index >= 15 is 0 Å². The van der Waals surface area contributed by atoms with Crippen LogP contribution in [0, 0.1) is 5.92 Å². The fourth-order valence-electron chi connectivity index (χ4n) is 5.11. The highest BCUT2D eigenvalue weighted by atomic mass is 16.4. The first-order valence-corrected chi connectivity index (χ1v) is 14.3. The molecule has 1 atom stereocenters. The van der Waals surface area contributed by atoms with Crippen molar-refractivity contribution in [1.29, 1.82) is 0 Å². The Morgan fingerprint density at radius 3 is 1.94 bits per heavy atom. The maximum absolute atomic E-state index is 11.8. The van der Waals surface area contributed by atoms with Crippen molar-refractivity contribution in [3.8, 4) is 0 Å². The van der Waals surface area contributed by atoms with E-state index in [1.807, 2.05) is 19.9 Å². The van der Waals surface area contributed by atoms with E-state index in [4.69, 9.17) is 5.11 Å². The fourth-order valence-corrected chi connectivity index (χ4v) is 5.11. The number of hydrogen-bond donors (Lipinski definition) is 3. The first kappa shape index (κ1) is 30.7. The smallest absolute Gasteiger partial charge is 0.305 e. The molecule has 2 aliphatic rings. The lowest BCUT2D eigenvalue weighted by Gasteiger charge is -2.30. The molecule has 0 bridgehead atoms. The van der Waals surface area contributed by atoms with E-state index in [1.54, 1.807) is 0 Å². The van der Waals surface area contributed by atoms with Crippen LogP contribution in [-0.2, 0) is 9.59 Å². The summed E-state index contributed by atoms with van der Waals surface area (Å²) in [4.78, 5) is 22.6. The Bertz CT molecular complexity index is 534. The number of allylic oxidation sites excluding steroid dienone is 2. The summed E-state index contributed by atoms with van der Waals surface area (Å²) in [5, 5.41) is 15.6. The first-order valence-electron chi connectivity index (χ1n) is 14.3. The highest BCUT2D eigenvalue weighted by molar-refractivity contribution is 5.77. The molecule has 2 rings (SSSR count). The van der Waals surface area contributed by atoms with Crippen LogP contribution in [0.2, 0.25) is 0 Å². The highest BCUT2D eigenvalue weighted by Crippen LogP contribution is 2.22. The molecule has 3 N–H and O–H groups in total. The van der Waals surface area contributed by atoms with Crippen molar-refractivity contribution in [2.75, 3.05) is 0 Å². The number of carbonyl (C=O) groups is 2. The molecule has 2 aliphatic carbocycles. The van der Waals surface area contributed by atoms with Gasteiger partial charge in [-0.05, 0) is 57.3 Å². The maximum atomic E-state index is 11.8. The number of amides is 1. The maximum Gasteiger partial charge on any atom is 0.305 e. The number of unbranched alkanes of at least 4 members (excludes halogenated alkanes) is 3. The summed E-state index contributed by atoms with van der Waals surface area (Å²) in [5.74, 6) is -0.551. The van der Waals surface area contributed by atoms with Gasteiger partial charge in [-0.1, -0.05) is 84.3 Å². The lowest BCUT2D eigenvalue weighted by atomic mass is 9.91. The largest absolute Gasteiger partial charge is 0.481 e. The van der Waals surface area contributed by atoms with Gasteiger partial charge in [0.2, 0.25) is 5.91 Å². The minimum atomic E-state index is -0.864. The Labute approximate surface area is 209 Å². The molecule has 5 nitrogen and oxygen atoms in total. The van der Waals surface area contributed by atoms with E-state index in [0.717, 1.165) is 24.9 Å². The molecule has 198 valence electrons. The van der Waals surface area contributed by atoms with Gasteiger partial charge >= 0.3 is 5.97 Å². The molecule has 5 heteroatoms. The fraction of sp³-hybridized carbons (Fsp3) is 0.862. The van der Waals surface area contributed by atoms with Crippen LogP contribution in [0.1, 0.15) is 136 Å². The summed E-state index contributed by atoms with van der Waals surface area (Å²) >= 11 is 0. The molecule has 0 saturated heterocycles. The van der Waals surface area contributed by atoms with Gasteiger partial charge in [0, 0.05) is 24.5 Å². The van der Waals surface area contributed by atoms with E-state index in [9.17, 15) is 9.59 Å². The van der Waals surface area contributed by atoms with Gasteiger partial charge in [-0.3, -0.25) is 9.59 Å². The Balaban J connectivity index is 0.000000375. The number of carbonyl (C=O) groups excluding carboxylic acids is 1. The molecule has 34 heavy (non-hydrogen) atoms. The van der Waals surface area contributed by atoms with Crippen molar-refractivity contribution in [2.24, 2.45) is 5.92 Å². The van der Waals surface area contributed by atoms with Crippen molar-refractivity contribution in [3.05, 3.63) is 12.2 Å². The van der Waals surface area contributed by atoms with Gasteiger partial charge < -0.3 is 15.7 Å². The third kappa shape index (κ3) is 17.1. The van der Waals surface area contributed by atoms with Crippen LogP contribution in [0.15, 0.2) is 12.2 Å². The van der Waals surface area contributed by atoms with Crippen molar-refractivity contribution in [1.82, 2.24) is 10.6 Å². The number of carboxylic acids is 1. The molecular weight excluding hydrogens is 424 g/mol. The van der Waals surface area contributed by atoms with E-state index in [0.29, 0.717) is 18.8 Å². The summed E-state index contributed by atoms with van der Waals surface area (Å²) in [5.41, 5.74) is 0. The lowest BCUT2D eigenvalue weighted by molar-refractivity contribution is -0.137. The Morgan fingerprint density at radius 1 is 0.882 bits per heavy atom. The van der Waals surface area contributed by atoms with Crippen LogP contribution < -0.4 is 10.6 Å². The van der Waals surface area contributed by atoms with E-state index < -0.39 is 5.97 Å². The van der Waals surface area contributed by atoms with Gasteiger partial charge in [-0.15, -0.1) is 0 Å². The minimum absolute atomic E-state index is 0.00320. The van der Waals surface area contributed by atoms with Gasteiger partial charge in [0.1, 0.15) is 0 Å². The molecule has 2 saturated carbocycles. The molecule has 1 amide bonds. The van der Waals surface area contributed by atoms with Crippen LogP contribution in [0.4, 0.5) is 0 Å². The highest BCUT2D eigenvalue weighted by Gasteiger charge is 2.19. The monoisotopic (exact) mass is 478 g/mol. The summed E-state index contributed by atoms with van der Waals surface area (Å²) in [6, 6.07) is 1.48. The summed E-state index contributed by atoms with van der Waals surface area (Å²) < 4.78 is 0. The van der Waals surface area contributed by atoms with Crippen LogP contribution in [0.25, 0.3) is 0 Å². The van der Waals surface area contributed by atoms with Crippen LogP contribution in [-0.4, -0.2) is 35.1 Å². The second kappa shape index (κ2) is 19.9. The molecule has 0 spiro atoms. The van der Waals surface area contributed by atoms with Gasteiger partial charge in [0.15, 0.2) is 0 Å². The van der Waals surface area contributed by atoms with E-state index in [1.165, 1.54) is 83.5 Å². The third-order valence-corrected chi connectivity index (χ3v) is 6.90. The van der Waals surface area contributed by atoms with Gasteiger partial charge in [-0.25, -0.2) is 0 Å². The number of nitrogens with one attached hydrogen (secondary N) is 2. The molecule has 0 aromatic rings. The topological polar surface area (TPSA) is 78.4 Å².